The summed E-state index contributed by atoms with van der Waals surface area (Å²) < 4.78 is 6.22. The lowest BCUT2D eigenvalue weighted by Crippen LogP contribution is -2.66. The Bertz CT molecular complexity index is 1050. The zero-order valence-corrected chi connectivity index (χ0v) is 20.4. The van der Waals surface area contributed by atoms with Gasteiger partial charge in [-0.25, -0.2) is 4.79 Å². The summed E-state index contributed by atoms with van der Waals surface area (Å²) in [5.41, 5.74) is 5.85. The molecule has 0 saturated heterocycles. The summed E-state index contributed by atoms with van der Waals surface area (Å²) in [4.78, 5) is 26.1. The second-order valence-corrected chi connectivity index (χ2v) is 11.6. The van der Waals surface area contributed by atoms with Gasteiger partial charge in [0.05, 0.1) is 17.3 Å². The molecule has 8 atom stereocenters. The van der Waals surface area contributed by atoms with Crippen molar-refractivity contribution in [2.45, 2.75) is 83.5 Å². The van der Waals surface area contributed by atoms with Crippen molar-refractivity contribution in [3.05, 3.63) is 41.5 Å². The second kappa shape index (κ2) is 7.92. The summed E-state index contributed by atoms with van der Waals surface area (Å²) in [6.45, 7) is 5.80. The van der Waals surface area contributed by atoms with Gasteiger partial charge in [-0.2, -0.15) is 0 Å². The Labute approximate surface area is 201 Å². The molecule has 1 aromatic rings. The van der Waals surface area contributed by atoms with E-state index in [9.17, 15) is 19.8 Å². The summed E-state index contributed by atoms with van der Waals surface area (Å²) in [5.74, 6) is -0.737. The Kier molecular flexibility index (Phi) is 5.49. The molecule has 0 aliphatic heterocycles. The summed E-state index contributed by atoms with van der Waals surface area (Å²) in [5, 5.41) is 22.7. The standard InChI is InChI=1S/C28H37NO5/c1-16(30)20-11-13-28(33)21-9-8-17-14-18(31)10-12-26(17,2)22(21)15-24(27(20,28)3)34-25(32)19-6-4-5-7-23(19)29/h4-8,18,20-22,24,31,33H,9-15,29H2,1-3H3/t18-,20-,21+,22-,24+,26-,27-,28-/m0/s1. The molecule has 1 aromatic carbocycles. The van der Waals surface area contributed by atoms with Gasteiger partial charge in [-0.15, -0.1) is 0 Å². The molecule has 0 aromatic heterocycles. The van der Waals surface area contributed by atoms with E-state index in [4.69, 9.17) is 10.5 Å². The van der Waals surface area contributed by atoms with Gasteiger partial charge in [-0.3, -0.25) is 4.79 Å². The van der Waals surface area contributed by atoms with Crippen LogP contribution in [0.2, 0.25) is 0 Å². The van der Waals surface area contributed by atoms with Gasteiger partial charge in [0.15, 0.2) is 0 Å². The molecule has 0 bridgehead atoms. The van der Waals surface area contributed by atoms with Gasteiger partial charge in [-0.05, 0) is 81.3 Å². The number of Topliss-reactive ketones (excluding diaryl/α,β-unsaturated/α-hetero) is 1. The average Bonchev–Trinajstić information content (AvgIpc) is 3.07. The number of allylic oxidation sites excluding steroid dienone is 1. The van der Waals surface area contributed by atoms with E-state index in [-0.39, 0.29) is 35.1 Å². The number of hydrogen-bond donors (Lipinski definition) is 3. The van der Waals surface area contributed by atoms with Crippen molar-refractivity contribution in [3.63, 3.8) is 0 Å². The number of ketones is 1. The molecule has 3 saturated carbocycles. The quantitative estimate of drug-likeness (QED) is 0.351. The Balaban J connectivity index is 1.58. The van der Waals surface area contributed by atoms with E-state index in [2.05, 4.69) is 13.0 Å². The Morgan fingerprint density at radius 2 is 1.85 bits per heavy atom. The molecular weight excluding hydrogens is 430 g/mol. The number of aliphatic hydroxyl groups is 2. The van der Waals surface area contributed by atoms with Crippen LogP contribution in [0.1, 0.15) is 76.1 Å². The van der Waals surface area contributed by atoms with Crippen molar-refractivity contribution >= 4 is 17.4 Å². The van der Waals surface area contributed by atoms with Gasteiger partial charge in [0, 0.05) is 17.0 Å². The number of nitrogens with two attached hydrogens (primary N) is 1. The molecule has 3 fully saturated rings. The SMILES string of the molecule is CC(=O)[C@@H]1CC[C@]2(O)[C@@H]3CC=C4C[C@@H](O)CC[C@]4(C)[C@H]3C[C@@H](OC(=O)c3ccccc3N)[C@]12C. The van der Waals surface area contributed by atoms with Crippen LogP contribution in [-0.4, -0.2) is 39.8 Å². The van der Waals surface area contributed by atoms with Crippen LogP contribution in [0.3, 0.4) is 0 Å². The average molecular weight is 468 g/mol. The topological polar surface area (TPSA) is 110 Å². The predicted molar refractivity (Wildman–Crippen MR) is 129 cm³/mol. The molecule has 4 aliphatic carbocycles. The molecule has 184 valence electrons. The first-order valence-corrected chi connectivity index (χ1v) is 12.7. The minimum absolute atomic E-state index is 0.0115. The first-order valence-electron chi connectivity index (χ1n) is 12.7. The van der Waals surface area contributed by atoms with Crippen LogP contribution in [0.4, 0.5) is 5.69 Å². The van der Waals surface area contributed by atoms with Crippen molar-refractivity contribution in [2.24, 2.45) is 28.6 Å². The largest absolute Gasteiger partial charge is 0.458 e. The number of fused-ring (bicyclic) bond motifs is 5. The maximum absolute atomic E-state index is 13.3. The number of anilines is 1. The molecule has 0 amide bonds. The van der Waals surface area contributed by atoms with E-state index >= 15 is 0 Å². The first-order chi connectivity index (χ1) is 16.0. The van der Waals surface area contributed by atoms with E-state index < -0.39 is 23.1 Å². The fourth-order valence-electron chi connectivity index (χ4n) is 8.26. The fourth-order valence-corrected chi connectivity index (χ4v) is 8.26. The van der Waals surface area contributed by atoms with Crippen LogP contribution in [0, 0.1) is 28.6 Å². The molecule has 0 radical (unpaired) electrons. The zero-order chi connectivity index (χ0) is 24.5. The van der Waals surface area contributed by atoms with Crippen LogP contribution >= 0.6 is 0 Å². The lowest BCUT2D eigenvalue weighted by atomic mass is 9.45. The van der Waals surface area contributed by atoms with Crippen LogP contribution in [0.5, 0.6) is 0 Å². The minimum Gasteiger partial charge on any atom is -0.458 e. The zero-order valence-electron chi connectivity index (χ0n) is 20.4. The highest BCUT2D eigenvalue weighted by atomic mass is 16.5. The first kappa shape index (κ1) is 23.6. The molecule has 5 rings (SSSR count). The normalized spacial score (nSPS) is 43.2. The summed E-state index contributed by atoms with van der Waals surface area (Å²) in [6, 6.07) is 6.85. The van der Waals surface area contributed by atoms with Crippen LogP contribution in [0.25, 0.3) is 0 Å². The maximum Gasteiger partial charge on any atom is 0.340 e. The molecule has 4 aliphatic rings. The predicted octanol–water partition coefficient (Wildman–Crippen LogP) is 4.05. The Hall–Kier alpha value is -2.18. The molecule has 0 unspecified atom stereocenters. The van der Waals surface area contributed by atoms with E-state index in [1.807, 2.05) is 6.92 Å². The number of carbonyl (C=O) groups is 2. The van der Waals surface area contributed by atoms with Gasteiger partial charge in [-0.1, -0.05) is 37.6 Å². The summed E-state index contributed by atoms with van der Waals surface area (Å²) in [6.07, 6.45) is 5.99. The highest BCUT2D eigenvalue weighted by Crippen LogP contribution is 2.68. The fraction of sp³-hybridized carbons (Fsp3) is 0.643. The highest BCUT2D eigenvalue weighted by molar-refractivity contribution is 5.95. The molecule has 4 N–H and O–H groups in total. The maximum atomic E-state index is 13.3. The van der Waals surface area contributed by atoms with Crippen LogP contribution in [-0.2, 0) is 9.53 Å². The smallest absolute Gasteiger partial charge is 0.340 e. The molecule has 0 heterocycles. The van der Waals surface area contributed by atoms with Gasteiger partial charge in [0.25, 0.3) is 0 Å². The third-order valence-corrected chi connectivity index (χ3v) is 10.3. The minimum atomic E-state index is -1.11. The lowest BCUT2D eigenvalue weighted by Gasteiger charge is -2.62. The Morgan fingerprint density at radius 1 is 1.12 bits per heavy atom. The number of aliphatic hydroxyl groups excluding tert-OH is 1. The number of hydrogen-bond acceptors (Lipinski definition) is 6. The molecule has 34 heavy (non-hydrogen) atoms. The third-order valence-electron chi connectivity index (χ3n) is 10.3. The van der Waals surface area contributed by atoms with Crippen molar-refractivity contribution in [2.75, 3.05) is 5.73 Å². The molecular formula is C28H37NO5. The number of rotatable bonds is 3. The summed E-state index contributed by atoms with van der Waals surface area (Å²) >= 11 is 0. The van der Waals surface area contributed by atoms with E-state index in [0.29, 0.717) is 36.9 Å². The number of benzene rings is 1. The van der Waals surface area contributed by atoms with E-state index in [1.54, 1.807) is 31.2 Å². The van der Waals surface area contributed by atoms with Crippen molar-refractivity contribution in [1.82, 2.24) is 0 Å². The number of nitrogen functional groups attached to an aromatic ring is 1. The number of para-hydroxylation sites is 1. The van der Waals surface area contributed by atoms with Crippen molar-refractivity contribution in [1.29, 1.82) is 0 Å². The molecule has 0 spiro atoms. The summed E-state index contributed by atoms with van der Waals surface area (Å²) in [7, 11) is 0. The van der Waals surface area contributed by atoms with Gasteiger partial charge in [0.1, 0.15) is 11.9 Å². The number of esters is 1. The highest BCUT2D eigenvalue weighted by Gasteiger charge is 2.71. The van der Waals surface area contributed by atoms with Crippen molar-refractivity contribution in [3.8, 4) is 0 Å². The second-order valence-electron chi connectivity index (χ2n) is 11.6. The lowest BCUT2D eigenvalue weighted by molar-refractivity contribution is -0.224. The van der Waals surface area contributed by atoms with Crippen LogP contribution in [0.15, 0.2) is 35.9 Å². The van der Waals surface area contributed by atoms with Crippen LogP contribution < -0.4 is 5.73 Å². The van der Waals surface area contributed by atoms with E-state index in [0.717, 1.165) is 19.3 Å². The third kappa shape index (κ3) is 3.14. The number of ether oxygens (including phenoxy) is 1. The number of carbonyl (C=O) groups excluding carboxylic acids is 2. The van der Waals surface area contributed by atoms with Gasteiger partial charge >= 0.3 is 5.97 Å². The van der Waals surface area contributed by atoms with Gasteiger partial charge < -0.3 is 20.7 Å². The Morgan fingerprint density at radius 3 is 2.56 bits per heavy atom. The van der Waals surface area contributed by atoms with Crippen molar-refractivity contribution < 1.29 is 24.5 Å². The van der Waals surface area contributed by atoms with E-state index in [1.165, 1.54) is 5.57 Å². The molecule has 6 nitrogen and oxygen atoms in total. The molecule has 6 heteroatoms. The van der Waals surface area contributed by atoms with Gasteiger partial charge in [0.2, 0.25) is 0 Å². The monoisotopic (exact) mass is 467 g/mol.